The number of carbonyl (C=O) groups is 1. The number of ether oxygens (including phenoxy) is 1. The largest absolute Gasteiger partial charge is 0.459 e. The molecule has 0 aromatic carbocycles. The van der Waals surface area contributed by atoms with E-state index < -0.39 is 0 Å². The average molecular weight is 205 g/mol. The van der Waals surface area contributed by atoms with Crippen LogP contribution in [0.5, 0.6) is 0 Å². The third-order valence-corrected chi connectivity index (χ3v) is 2.24. The molecule has 0 N–H and O–H groups in total. The Bertz CT molecular complexity index is 280. The number of hydrogen-bond acceptors (Lipinski definition) is 3. The fourth-order valence-corrected chi connectivity index (χ4v) is 1.55. The summed E-state index contributed by atoms with van der Waals surface area (Å²) < 4.78 is 5.56. The average Bonchev–Trinajstić information content (AvgIpc) is 2.34. The van der Waals surface area contributed by atoms with Crippen molar-refractivity contribution in [2.24, 2.45) is 0 Å². The van der Waals surface area contributed by atoms with Crippen molar-refractivity contribution in [2.75, 3.05) is 0 Å². The van der Waals surface area contributed by atoms with Gasteiger partial charge in [-0.2, -0.15) is 0 Å². The maximum atomic E-state index is 11.2. The second-order valence-corrected chi connectivity index (χ2v) is 4.14. The van der Waals surface area contributed by atoms with Crippen LogP contribution in [0.4, 0.5) is 0 Å². The molecule has 12 heavy (non-hydrogen) atoms. The third-order valence-electron chi connectivity index (χ3n) is 1.15. The highest BCUT2D eigenvalue weighted by molar-refractivity contribution is 7.14. The van der Waals surface area contributed by atoms with Crippen LogP contribution < -0.4 is 0 Å². The summed E-state index contributed by atoms with van der Waals surface area (Å²) in [6.45, 7) is 3.62. The smallest absolute Gasteiger partial charge is 0.339 e. The standard InChI is InChI=1S/C8H9ClO2S/c1-5(2)11-8(10)6-3-7(9)12-4-6/h3-5H,1-2H3. The van der Waals surface area contributed by atoms with Crippen molar-refractivity contribution >= 4 is 28.9 Å². The zero-order valence-electron chi connectivity index (χ0n) is 6.83. The van der Waals surface area contributed by atoms with Crippen molar-refractivity contribution in [2.45, 2.75) is 20.0 Å². The first-order chi connectivity index (χ1) is 5.59. The molecule has 0 unspecified atom stereocenters. The molecule has 1 aromatic rings. The number of thiophene rings is 1. The second-order valence-electron chi connectivity index (χ2n) is 2.59. The van der Waals surface area contributed by atoms with E-state index in [1.807, 2.05) is 13.8 Å². The van der Waals surface area contributed by atoms with Crippen LogP contribution in [0.1, 0.15) is 24.2 Å². The second kappa shape index (κ2) is 3.92. The van der Waals surface area contributed by atoms with Crippen LogP contribution >= 0.6 is 22.9 Å². The number of hydrogen-bond donors (Lipinski definition) is 0. The summed E-state index contributed by atoms with van der Waals surface area (Å²) in [5.74, 6) is -0.312. The number of esters is 1. The Morgan fingerprint density at radius 1 is 1.67 bits per heavy atom. The Kier molecular flexibility index (Phi) is 3.12. The highest BCUT2D eigenvalue weighted by Gasteiger charge is 2.10. The van der Waals surface area contributed by atoms with Gasteiger partial charge in [0.25, 0.3) is 0 Å². The summed E-state index contributed by atoms with van der Waals surface area (Å²) in [4.78, 5) is 11.2. The molecular weight excluding hydrogens is 196 g/mol. The van der Waals surface area contributed by atoms with Crippen molar-refractivity contribution in [3.05, 3.63) is 21.3 Å². The molecule has 1 rings (SSSR count). The van der Waals surface area contributed by atoms with E-state index in [4.69, 9.17) is 16.3 Å². The first-order valence-electron chi connectivity index (χ1n) is 3.54. The van der Waals surface area contributed by atoms with Crippen LogP contribution in [0.15, 0.2) is 11.4 Å². The number of carbonyl (C=O) groups excluding carboxylic acids is 1. The Hall–Kier alpha value is -0.540. The molecule has 2 nitrogen and oxygen atoms in total. The summed E-state index contributed by atoms with van der Waals surface area (Å²) >= 11 is 6.98. The molecule has 0 aliphatic carbocycles. The van der Waals surface area contributed by atoms with Crippen molar-refractivity contribution in [1.82, 2.24) is 0 Å². The van der Waals surface area contributed by atoms with Crippen LogP contribution in [-0.2, 0) is 4.74 Å². The molecule has 0 aliphatic heterocycles. The molecule has 0 aliphatic rings. The predicted molar refractivity (Wildman–Crippen MR) is 49.9 cm³/mol. The van der Waals surface area contributed by atoms with Gasteiger partial charge < -0.3 is 4.74 Å². The molecule has 0 spiro atoms. The Labute approximate surface area is 80.1 Å². The van der Waals surface area contributed by atoms with Crippen LogP contribution in [-0.4, -0.2) is 12.1 Å². The molecule has 66 valence electrons. The van der Waals surface area contributed by atoms with E-state index in [1.54, 1.807) is 11.4 Å². The first-order valence-corrected chi connectivity index (χ1v) is 4.80. The molecule has 1 aromatic heterocycles. The number of rotatable bonds is 2. The van der Waals surface area contributed by atoms with Crippen LogP contribution in [0, 0.1) is 0 Å². The van der Waals surface area contributed by atoms with Crippen molar-refractivity contribution < 1.29 is 9.53 Å². The van der Waals surface area contributed by atoms with Gasteiger partial charge in [0, 0.05) is 5.38 Å². The van der Waals surface area contributed by atoms with Gasteiger partial charge in [-0.05, 0) is 19.9 Å². The highest BCUT2D eigenvalue weighted by Crippen LogP contribution is 2.20. The van der Waals surface area contributed by atoms with E-state index in [1.165, 1.54) is 11.3 Å². The molecule has 1 heterocycles. The molecule has 0 amide bonds. The maximum Gasteiger partial charge on any atom is 0.339 e. The summed E-state index contributed by atoms with van der Waals surface area (Å²) in [6.07, 6.45) is -0.0869. The van der Waals surface area contributed by atoms with Gasteiger partial charge in [-0.1, -0.05) is 11.6 Å². The molecule has 0 radical (unpaired) electrons. The zero-order chi connectivity index (χ0) is 9.14. The van der Waals surface area contributed by atoms with Gasteiger partial charge in [-0.3, -0.25) is 0 Å². The predicted octanol–water partition coefficient (Wildman–Crippen LogP) is 2.97. The van der Waals surface area contributed by atoms with E-state index in [0.29, 0.717) is 9.90 Å². The molecule has 4 heteroatoms. The van der Waals surface area contributed by atoms with Crippen molar-refractivity contribution in [1.29, 1.82) is 0 Å². The quantitative estimate of drug-likeness (QED) is 0.693. The summed E-state index contributed by atoms with van der Waals surface area (Å²) in [5, 5.41) is 1.69. The first kappa shape index (κ1) is 9.55. The van der Waals surface area contributed by atoms with Gasteiger partial charge in [0.05, 0.1) is 16.0 Å². The molecule has 0 bridgehead atoms. The minimum atomic E-state index is -0.312. The lowest BCUT2D eigenvalue weighted by Crippen LogP contribution is -2.10. The highest BCUT2D eigenvalue weighted by atomic mass is 35.5. The summed E-state index contributed by atoms with van der Waals surface area (Å²) in [7, 11) is 0. The monoisotopic (exact) mass is 204 g/mol. The van der Waals surface area contributed by atoms with Crippen LogP contribution in [0.25, 0.3) is 0 Å². The van der Waals surface area contributed by atoms with E-state index in [9.17, 15) is 4.79 Å². The third kappa shape index (κ3) is 2.50. The fraction of sp³-hybridized carbons (Fsp3) is 0.375. The summed E-state index contributed by atoms with van der Waals surface area (Å²) in [5.41, 5.74) is 0.527. The van der Waals surface area contributed by atoms with E-state index in [0.717, 1.165) is 0 Å². The normalized spacial score (nSPS) is 10.3. The fourth-order valence-electron chi connectivity index (χ4n) is 0.699. The molecular formula is C8H9ClO2S. The van der Waals surface area contributed by atoms with Crippen molar-refractivity contribution in [3.8, 4) is 0 Å². The minimum Gasteiger partial charge on any atom is -0.459 e. The van der Waals surface area contributed by atoms with Crippen LogP contribution in [0.2, 0.25) is 4.34 Å². The molecule has 0 saturated carbocycles. The lowest BCUT2D eigenvalue weighted by molar-refractivity contribution is 0.0378. The SMILES string of the molecule is CC(C)OC(=O)c1csc(Cl)c1. The van der Waals surface area contributed by atoms with Gasteiger partial charge in [-0.25, -0.2) is 4.79 Å². The Morgan fingerprint density at radius 3 is 2.75 bits per heavy atom. The minimum absolute atomic E-state index is 0.0869. The van der Waals surface area contributed by atoms with Crippen LogP contribution in [0.3, 0.4) is 0 Å². The zero-order valence-corrected chi connectivity index (χ0v) is 8.41. The van der Waals surface area contributed by atoms with E-state index >= 15 is 0 Å². The Morgan fingerprint density at radius 2 is 2.33 bits per heavy atom. The topological polar surface area (TPSA) is 26.3 Å². The van der Waals surface area contributed by atoms with Crippen molar-refractivity contribution in [3.63, 3.8) is 0 Å². The number of halogens is 1. The van der Waals surface area contributed by atoms with Gasteiger partial charge in [0.15, 0.2) is 0 Å². The van der Waals surface area contributed by atoms with Gasteiger partial charge in [0.1, 0.15) is 0 Å². The van der Waals surface area contributed by atoms with Gasteiger partial charge >= 0.3 is 5.97 Å². The maximum absolute atomic E-state index is 11.2. The van der Waals surface area contributed by atoms with Gasteiger partial charge in [0.2, 0.25) is 0 Å². The lowest BCUT2D eigenvalue weighted by atomic mass is 10.3. The summed E-state index contributed by atoms with van der Waals surface area (Å²) in [6, 6.07) is 1.61. The molecule has 0 saturated heterocycles. The Balaban J connectivity index is 2.65. The molecule has 0 atom stereocenters. The van der Waals surface area contributed by atoms with E-state index in [2.05, 4.69) is 0 Å². The molecule has 0 fully saturated rings. The van der Waals surface area contributed by atoms with E-state index in [-0.39, 0.29) is 12.1 Å². The lowest BCUT2D eigenvalue weighted by Gasteiger charge is -2.05. The van der Waals surface area contributed by atoms with Gasteiger partial charge in [-0.15, -0.1) is 11.3 Å².